The average molecular weight is 303 g/mol. The van der Waals surface area contributed by atoms with Crippen LogP contribution >= 0.6 is 11.3 Å². The minimum absolute atomic E-state index is 0.422. The van der Waals surface area contributed by atoms with Crippen LogP contribution in [0.2, 0.25) is 0 Å². The number of carboxylic acids is 1. The lowest BCUT2D eigenvalue weighted by atomic mass is 10.2. The maximum atomic E-state index is 11.1. The van der Waals surface area contributed by atoms with Crippen LogP contribution < -0.4 is 4.90 Å². The number of aryl methyl sites for hydroxylation is 1. The van der Waals surface area contributed by atoms with Gasteiger partial charge in [-0.15, -0.1) is 11.3 Å². The molecule has 0 amide bonds. The van der Waals surface area contributed by atoms with Gasteiger partial charge in [0.05, 0.1) is 0 Å². The van der Waals surface area contributed by atoms with Crippen molar-refractivity contribution < 1.29 is 9.90 Å². The van der Waals surface area contributed by atoms with Gasteiger partial charge in [0, 0.05) is 23.7 Å². The fourth-order valence-corrected chi connectivity index (χ4v) is 3.15. The molecule has 1 N–H and O–H groups in total. The highest BCUT2D eigenvalue weighted by atomic mass is 32.1. The van der Waals surface area contributed by atoms with Crippen LogP contribution in [0.1, 0.15) is 39.9 Å². The Hall–Kier alpha value is -1.81. The fraction of sp³-hybridized carbons (Fsp3) is 0.353. The molecule has 0 unspecified atom stereocenters. The van der Waals surface area contributed by atoms with Gasteiger partial charge in [-0.3, -0.25) is 0 Å². The Balaban J connectivity index is 2.20. The van der Waals surface area contributed by atoms with Crippen LogP contribution in [-0.2, 0) is 6.54 Å². The van der Waals surface area contributed by atoms with Gasteiger partial charge in [-0.25, -0.2) is 4.79 Å². The van der Waals surface area contributed by atoms with E-state index in [-0.39, 0.29) is 0 Å². The molecule has 0 radical (unpaired) electrons. The second-order valence-corrected chi connectivity index (χ2v) is 6.36. The molecule has 2 aromatic rings. The van der Waals surface area contributed by atoms with Crippen LogP contribution in [0.4, 0.5) is 5.69 Å². The minimum Gasteiger partial charge on any atom is -0.477 e. The zero-order chi connectivity index (χ0) is 15.2. The van der Waals surface area contributed by atoms with E-state index in [0.29, 0.717) is 4.88 Å². The number of aromatic carboxylic acids is 1. The van der Waals surface area contributed by atoms with Gasteiger partial charge in [0.2, 0.25) is 0 Å². The quantitative estimate of drug-likeness (QED) is 0.815. The molecular weight excluding hydrogens is 282 g/mol. The predicted molar refractivity (Wildman–Crippen MR) is 88.4 cm³/mol. The van der Waals surface area contributed by atoms with Gasteiger partial charge >= 0.3 is 5.97 Å². The molecule has 0 fully saturated rings. The number of carboxylic acid groups (broad SMARTS) is 1. The van der Waals surface area contributed by atoms with Crippen LogP contribution in [0.25, 0.3) is 0 Å². The molecule has 1 heterocycles. The molecule has 0 bridgehead atoms. The van der Waals surface area contributed by atoms with Crippen molar-refractivity contribution in [2.24, 2.45) is 0 Å². The Bertz CT molecular complexity index is 592. The van der Waals surface area contributed by atoms with Crippen LogP contribution in [0.15, 0.2) is 36.4 Å². The molecular formula is C17H21NO2S. The Labute approximate surface area is 129 Å². The van der Waals surface area contributed by atoms with Crippen molar-refractivity contribution in [3.05, 3.63) is 51.7 Å². The summed E-state index contributed by atoms with van der Waals surface area (Å²) in [5.74, 6) is -0.839. The molecule has 1 aromatic heterocycles. The number of rotatable bonds is 7. The molecule has 4 heteroatoms. The molecule has 0 aliphatic heterocycles. The molecule has 0 aliphatic rings. The lowest BCUT2D eigenvalue weighted by molar-refractivity contribution is 0.0702. The monoisotopic (exact) mass is 303 g/mol. The van der Waals surface area contributed by atoms with Gasteiger partial charge in [-0.1, -0.05) is 31.5 Å². The smallest absolute Gasteiger partial charge is 0.345 e. The molecule has 0 saturated carbocycles. The van der Waals surface area contributed by atoms with Crippen LogP contribution in [0, 0.1) is 6.92 Å². The number of thiophene rings is 1. The van der Waals surface area contributed by atoms with Crippen molar-refractivity contribution in [1.29, 1.82) is 0 Å². The topological polar surface area (TPSA) is 40.5 Å². The Kier molecular flexibility index (Phi) is 5.39. The van der Waals surface area contributed by atoms with Gasteiger partial charge < -0.3 is 10.0 Å². The highest BCUT2D eigenvalue weighted by Crippen LogP contribution is 2.25. The van der Waals surface area contributed by atoms with Crippen molar-refractivity contribution in [3.63, 3.8) is 0 Å². The number of nitrogens with zero attached hydrogens (tertiary/aromatic N) is 1. The molecule has 1 aromatic carbocycles. The van der Waals surface area contributed by atoms with Crippen LogP contribution in [-0.4, -0.2) is 17.6 Å². The third kappa shape index (κ3) is 4.08. The van der Waals surface area contributed by atoms with E-state index in [1.807, 2.05) is 31.2 Å². The average Bonchev–Trinajstić information content (AvgIpc) is 2.86. The van der Waals surface area contributed by atoms with Crippen LogP contribution in [0.5, 0.6) is 0 Å². The summed E-state index contributed by atoms with van der Waals surface area (Å²) < 4.78 is 0. The molecule has 21 heavy (non-hydrogen) atoms. The first-order valence-corrected chi connectivity index (χ1v) is 8.06. The zero-order valence-corrected chi connectivity index (χ0v) is 13.3. The number of hydrogen-bond acceptors (Lipinski definition) is 3. The van der Waals surface area contributed by atoms with E-state index >= 15 is 0 Å². The Morgan fingerprint density at radius 1 is 1.29 bits per heavy atom. The molecule has 0 saturated heterocycles. The highest BCUT2D eigenvalue weighted by Gasteiger charge is 2.14. The maximum Gasteiger partial charge on any atom is 0.345 e. The van der Waals surface area contributed by atoms with E-state index in [0.717, 1.165) is 36.4 Å². The largest absolute Gasteiger partial charge is 0.477 e. The Morgan fingerprint density at radius 2 is 2.00 bits per heavy atom. The van der Waals surface area contributed by atoms with E-state index in [2.05, 4.69) is 24.0 Å². The van der Waals surface area contributed by atoms with E-state index in [1.54, 1.807) is 0 Å². The van der Waals surface area contributed by atoms with Crippen molar-refractivity contribution in [1.82, 2.24) is 0 Å². The summed E-state index contributed by atoms with van der Waals surface area (Å²) in [7, 11) is 0. The van der Waals surface area contributed by atoms with Crippen molar-refractivity contribution >= 4 is 23.0 Å². The first-order chi connectivity index (χ1) is 10.1. The molecule has 112 valence electrons. The second kappa shape index (κ2) is 7.27. The number of carbonyl (C=O) groups is 1. The fourth-order valence-electron chi connectivity index (χ4n) is 2.28. The van der Waals surface area contributed by atoms with E-state index in [9.17, 15) is 4.79 Å². The second-order valence-electron chi connectivity index (χ2n) is 5.11. The normalized spacial score (nSPS) is 10.6. The summed E-state index contributed by atoms with van der Waals surface area (Å²) in [6.07, 6.45) is 2.27. The highest BCUT2D eigenvalue weighted by molar-refractivity contribution is 7.14. The first-order valence-electron chi connectivity index (χ1n) is 7.24. The van der Waals surface area contributed by atoms with Crippen LogP contribution in [0.3, 0.4) is 0 Å². The molecule has 0 spiro atoms. The number of anilines is 1. The summed E-state index contributed by atoms with van der Waals surface area (Å²) in [4.78, 5) is 14.9. The molecule has 0 atom stereocenters. The van der Waals surface area contributed by atoms with Gasteiger partial charge in [-0.05, 0) is 37.1 Å². The molecule has 0 aliphatic carbocycles. The SMILES string of the molecule is CCCCN(Cc1cc(C(=O)O)sc1C)c1ccccc1. The van der Waals surface area contributed by atoms with E-state index in [1.165, 1.54) is 17.0 Å². The lowest BCUT2D eigenvalue weighted by Crippen LogP contribution is -2.23. The third-order valence-corrected chi connectivity index (χ3v) is 4.58. The van der Waals surface area contributed by atoms with Crippen molar-refractivity contribution in [3.8, 4) is 0 Å². The van der Waals surface area contributed by atoms with E-state index in [4.69, 9.17) is 5.11 Å². The van der Waals surface area contributed by atoms with Gasteiger partial charge in [0.1, 0.15) is 4.88 Å². The summed E-state index contributed by atoms with van der Waals surface area (Å²) >= 11 is 1.36. The summed E-state index contributed by atoms with van der Waals surface area (Å²) in [5, 5.41) is 9.11. The third-order valence-electron chi connectivity index (χ3n) is 3.50. The van der Waals surface area contributed by atoms with Gasteiger partial charge in [0.15, 0.2) is 0 Å². The number of para-hydroxylation sites is 1. The molecule has 2 rings (SSSR count). The summed E-state index contributed by atoms with van der Waals surface area (Å²) in [5.41, 5.74) is 2.30. The first kappa shape index (κ1) is 15.6. The minimum atomic E-state index is -0.839. The van der Waals surface area contributed by atoms with Gasteiger partial charge in [-0.2, -0.15) is 0 Å². The number of benzene rings is 1. The summed E-state index contributed by atoms with van der Waals surface area (Å²) in [6, 6.07) is 12.1. The molecule has 3 nitrogen and oxygen atoms in total. The maximum absolute atomic E-state index is 11.1. The predicted octanol–water partition coefficient (Wildman–Crippen LogP) is 4.56. The van der Waals surface area contributed by atoms with Gasteiger partial charge in [0.25, 0.3) is 0 Å². The number of unbranched alkanes of at least 4 members (excludes halogenated alkanes) is 1. The zero-order valence-electron chi connectivity index (χ0n) is 12.5. The number of hydrogen-bond donors (Lipinski definition) is 1. The lowest BCUT2D eigenvalue weighted by Gasteiger charge is -2.24. The Morgan fingerprint density at radius 3 is 2.57 bits per heavy atom. The van der Waals surface area contributed by atoms with Crippen molar-refractivity contribution in [2.45, 2.75) is 33.2 Å². The standard InChI is InChI=1S/C17H21NO2S/c1-3-4-10-18(15-8-6-5-7-9-15)12-14-11-16(17(19)20)21-13(14)2/h5-9,11H,3-4,10,12H2,1-2H3,(H,19,20). The van der Waals surface area contributed by atoms with E-state index < -0.39 is 5.97 Å². The summed E-state index contributed by atoms with van der Waals surface area (Å²) in [6.45, 7) is 5.93. The van der Waals surface area contributed by atoms with Crippen molar-refractivity contribution in [2.75, 3.05) is 11.4 Å².